The Bertz CT molecular complexity index is 527. The van der Waals surface area contributed by atoms with E-state index in [-0.39, 0.29) is 6.04 Å². The molecule has 0 spiro atoms. The third kappa shape index (κ3) is 2.84. The van der Waals surface area contributed by atoms with Crippen molar-refractivity contribution in [1.29, 1.82) is 0 Å². The summed E-state index contributed by atoms with van der Waals surface area (Å²) in [5.74, 6) is 0.856. The maximum absolute atomic E-state index is 6.04. The highest BCUT2D eigenvalue weighted by molar-refractivity contribution is 6.30. The lowest BCUT2D eigenvalue weighted by Crippen LogP contribution is -2.17. The largest absolute Gasteiger partial charge is 0.497 e. The van der Waals surface area contributed by atoms with Crippen molar-refractivity contribution in [3.8, 4) is 5.75 Å². The Hall–Kier alpha value is -1.51. The smallest absolute Gasteiger partial charge is 0.119 e. The Kier molecular flexibility index (Phi) is 4.24. The summed E-state index contributed by atoms with van der Waals surface area (Å²) in [6, 6.07) is 16.0. The highest BCUT2D eigenvalue weighted by Gasteiger charge is 2.12. The van der Waals surface area contributed by atoms with Crippen LogP contribution < -0.4 is 10.1 Å². The van der Waals surface area contributed by atoms with Crippen LogP contribution in [0, 0.1) is 0 Å². The SMILES string of the molecule is CNC(c1cccc(Cl)c1)c1cccc(OC)c1. The van der Waals surface area contributed by atoms with E-state index in [1.54, 1.807) is 7.11 Å². The van der Waals surface area contributed by atoms with Gasteiger partial charge in [-0.3, -0.25) is 0 Å². The lowest BCUT2D eigenvalue weighted by Gasteiger charge is -2.18. The first kappa shape index (κ1) is 12.9. The summed E-state index contributed by atoms with van der Waals surface area (Å²) in [6.45, 7) is 0. The van der Waals surface area contributed by atoms with Crippen LogP contribution in [0.1, 0.15) is 17.2 Å². The van der Waals surface area contributed by atoms with Gasteiger partial charge in [-0.1, -0.05) is 35.9 Å². The molecule has 2 rings (SSSR count). The normalized spacial score (nSPS) is 12.2. The highest BCUT2D eigenvalue weighted by Crippen LogP contribution is 2.26. The summed E-state index contributed by atoms with van der Waals surface area (Å²) < 4.78 is 5.26. The molecular formula is C15H16ClNO. The van der Waals surface area contributed by atoms with E-state index in [9.17, 15) is 0 Å². The van der Waals surface area contributed by atoms with Gasteiger partial charge in [0.15, 0.2) is 0 Å². The lowest BCUT2D eigenvalue weighted by molar-refractivity contribution is 0.414. The van der Waals surface area contributed by atoms with Gasteiger partial charge in [0.2, 0.25) is 0 Å². The molecule has 0 saturated carbocycles. The third-order valence-corrected chi connectivity index (χ3v) is 3.13. The Morgan fingerprint density at radius 2 is 1.72 bits per heavy atom. The molecule has 0 bridgehead atoms. The van der Waals surface area contributed by atoms with E-state index in [1.807, 2.05) is 43.4 Å². The number of hydrogen-bond acceptors (Lipinski definition) is 2. The van der Waals surface area contributed by atoms with Crippen molar-refractivity contribution >= 4 is 11.6 Å². The molecule has 94 valence electrons. The van der Waals surface area contributed by atoms with E-state index in [1.165, 1.54) is 0 Å². The molecule has 0 radical (unpaired) electrons. The van der Waals surface area contributed by atoms with Crippen LogP contribution >= 0.6 is 11.6 Å². The molecule has 1 unspecified atom stereocenters. The summed E-state index contributed by atoms with van der Waals surface area (Å²) in [4.78, 5) is 0. The number of hydrogen-bond donors (Lipinski definition) is 1. The first-order valence-corrected chi connectivity index (χ1v) is 6.19. The highest BCUT2D eigenvalue weighted by atomic mass is 35.5. The summed E-state index contributed by atoms with van der Waals surface area (Å²) in [5.41, 5.74) is 2.29. The van der Waals surface area contributed by atoms with Crippen molar-refractivity contribution in [3.63, 3.8) is 0 Å². The number of benzene rings is 2. The molecule has 3 heteroatoms. The van der Waals surface area contributed by atoms with Gasteiger partial charge in [0.25, 0.3) is 0 Å². The van der Waals surface area contributed by atoms with Crippen molar-refractivity contribution in [2.24, 2.45) is 0 Å². The maximum Gasteiger partial charge on any atom is 0.119 e. The summed E-state index contributed by atoms with van der Waals surface area (Å²) in [7, 11) is 3.61. The number of methoxy groups -OCH3 is 1. The third-order valence-electron chi connectivity index (χ3n) is 2.90. The van der Waals surface area contributed by atoms with E-state index in [4.69, 9.17) is 16.3 Å². The Morgan fingerprint density at radius 3 is 2.33 bits per heavy atom. The molecule has 2 aromatic carbocycles. The van der Waals surface area contributed by atoms with E-state index in [0.717, 1.165) is 21.9 Å². The Balaban J connectivity index is 2.38. The number of rotatable bonds is 4. The van der Waals surface area contributed by atoms with Crippen LogP contribution in [0.15, 0.2) is 48.5 Å². The first-order chi connectivity index (χ1) is 8.74. The van der Waals surface area contributed by atoms with Gasteiger partial charge >= 0.3 is 0 Å². The second kappa shape index (κ2) is 5.89. The minimum atomic E-state index is 0.110. The molecule has 0 aromatic heterocycles. The number of halogens is 1. The Morgan fingerprint density at radius 1 is 1.06 bits per heavy atom. The first-order valence-electron chi connectivity index (χ1n) is 5.81. The molecule has 2 nitrogen and oxygen atoms in total. The molecule has 0 saturated heterocycles. The fraction of sp³-hybridized carbons (Fsp3) is 0.200. The topological polar surface area (TPSA) is 21.3 Å². The number of nitrogens with one attached hydrogen (secondary N) is 1. The fourth-order valence-corrected chi connectivity index (χ4v) is 2.23. The molecule has 0 aliphatic carbocycles. The molecule has 1 atom stereocenters. The van der Waals surface area contributed by atoms with Crippen molar-refractivity contribution in [2.45, 2.75) is 6.04 Å². The van der Waals surface area contributed by atoms with Crippen LogP contribution in [0.3, 0.4) is 0 Å². The van der Waals surface area contributed by atoms with Crippen LogP contribution in [0.4, 0.5) is 0 Å². The monoisotopic (exact) mass is 261 g/mol. The molecule has 0 amide bonds. The molecule has 0 fully saturated rings. The van der Waals surface area contributed by atoms with Gasteiger partial charge in [-0.25, -0.2) is 0 Å². The van der Waals surface area contributed by atoms with Gasteiger partial charge in [0, 0.05) is 5.02 Å². The molecular weight excluding hydrogens is 246 g/mol. The zero-order valence-electron chi connectivity index (χ0n) is 10.5. The predicted octanol–water partition coefficient (Wildman–Crippen LogP) is 3.66. The summed E-state index contributed by atoms with van der Waals surface area (Å²) in [5, 5.41) is 4.04. The molecule has 0 heterocycles. The van der Waals surface area contributed by atoms with Gasteiger partial charge in [-0.2, -0.15) is 0 Å². The van der Waals surface area contributed by atoms with Gasteiger partial charge in [0.1, 0.15) is 5.75 Å². The van der Waals surface area contributed by atoms with Crippen molar-refractivity contribution in [3.05, 3.63) is 64.7 Å². The van der Waals surface area contributed by atoms with E-state index in [0.29, 0.717) is 0 Å². The second-order valence-electron chi connectivity index (χ2n) is 4.05. The molecule has 0 aliphatic heterocycles. The molecule has 2 aromatic rings. The zero-order chi connectivity index (χ0) is 13.0. The fourth-order valence-electron chi connectivity index (χ4n) is 2.03. The zero-order valence-corrected chi connectivity index (χ0v) is 11.2. The van der Waals surface area contributed by atoms with Crippen LogP contribution in [-0.4, -0.2) is 14.2 Å². The van der Waals surface area contributed by atoms with E-state index in [2.05, 4.69) is 17.4 Å². The number of ether oxygens (including phenoxy) is 1. The van der Waals surface area contributed by atoms with Crippen molar-refractivity contribution in [1.82, 2.24) is 5.32 Å². The molecule has 1 N–H and O–H groups in total. The maximum atomic E-state index is 6.04. The van der Waals surface area contributed by atoms with Crippen LogP contribution in [-0.2, 0) is 0 Å². The average Bonchev–Trinajstić information content (AvgIpc) is 2.40. The van der Waals surface area contributed by atoms with Crippen molar-refractivity contribution in [2.75, 3.05) is 14.2 Å². The van der Waals surface area contributed by atoms with Crippen LogP contribution in [0.2, 0.25) is 5.02 Å². The quantitative estimate of drug-likeness (QED) is 0.907. The standard InChI is InChI=1S/C15H16ClNO/c1-17-15(11-5-3-7-13(16)9-11)12-6-4-8-14(10-12)18-2/h3-10,15,17H,1-2H3. The lowest BCUT2D eigenvalue weighted by atomic mass is 9.99. The second-order valence-corrected chi connectivity index (χ2v) is 4.49. The average molecular weight is 262 g/mol. The van der Waals surface area contributed by atoms with Gasteiger partial charge in [-0.15, -0.1) is 0 Å². The van der Waals surface area contributed by atoms with E-state index >= 15 is 0 Å². The minimum Gasteiger partial charge on any atom is -0.497 e. The van der Waals surface area contributed by atoms with Crippen LogP contribution in [0.5, 0.6) is 5.75 Å². The van der Waals surface area contributed by atoms with Gasteiger partial charge < -0.3 is 10.1 Å². The predicted molar refractivity (Wildman–Crippen MR) is 75.3 cm³/mol. The minimum absolute atomic E-state index is 0.110. The van der Waals surface area contributed by atoms with Crippen LogP contribution in [0.25, 0.3) is 0 Å². The molecule has 0 aliphatic rings. The Labute approximate surface area is 113 Å². The van der Waals surface area contributed by atoms with E-state index < -0.39 is 0 Å². The van der Waals surface area contributed by atoms with Gasteiger partial charge in [0.05, 0.1) is 13.2 Å². The summed E-state index contributed by atoms with van der Waals surface area (Å²) >= 11 is 6.04. The van der Waals surface area contributed by atoms with Crippen molar-refractivity contribution < 1.29 is 4.74 Å². The summed E-state index contributed by atoms with van der Waals surface area (Å²) in [6.07, 6.45) is 0. The molecule has 18 heavy (non-hydrogen) atoms. The van der Waals surface area contributed by atoms with Gasteiger partial charge in [-0.05, 0) is 42.4 Å².